The van der Waals surface area contributed by atoms with Gasteiger partial charge < -0.3 is 4.74 Å². The van der Waals surface area contributed by atoms with Crippen molar-refractivity contribution in [3.8, 4) is 0 Å². The molecule has 0 bridgehead atoms. The largest absolute Gasteiger partial charge is 0.367 e. The third-order valence-electron chi connectivity index (χ3n) is 2.99. The number of hydrogen-bond acceptors (Lipinski definition) is 3. The molecule has 0 saturated heterocycles. The lowest BCUT2D eigenvalue weighted by atomic mass is 9.95. The van der Waals surface area contributed by atoms with Crippen LogP contribution in [0.3, 0.4) is 0 Å². The van der Waals surface area contributed by atoms with Gasteiger partial charge in [-0.25, -0.2) is 0 Å². The number of rotatable bonds is 4. The fourth-order valence-corrected chi connectivity index (χ4v) is 3.05. The third kappa shape index (κ3) is 1.99. The summed E-state index contributed by atoms with van der Waals surface area (Å²) in [4.78, 5) is 13.1. The molecule has 1 aliphatic carbocycles. The van der Waals surface area contributed by atoms with Crippen LogP contribution in [0.5, 0.6) is 0 Å². The highest BCUT2D eigenvalue weighted by Gasteiger charge is 2.42. The molecule has 1 fully saturated rings. The number of Topliss-reactive ketones (excluding diaryl/α,β-unsaturated/α-hetero) is 1. The lowest BCUT2D eigenvalue weighted by molar-refractivity contribution is -0.0160. The molecule has 15 heavy (non-hydrogen) atoms. The average Bonchev–Trinajstić information content (AvgIpc) is 2.88. The maximum atomic E-state index is 12.3. The van der Waals surface area contributed by atoms with E-state index in [4.69, 9.17) is 4.74 Å². The molecular weight excluding hydrogens is 208 g/mol. The van der Waals surface area contributed by atoms with Crippen LogP contribution in [0.4, 0.5) is 0 Å². The Kier molecular flexibility index (Phi) is 3.22. The van der Waals surface area contributed by atoms with E-state index in [1.165, 1.54) is 11.3 Å². The quantitative estimate of drug-likeness (QED) is 0.734. The van der Waals surface area contributed by atoms with Gasteiger partial charge in [-0.15, -0.1) is 11.3 Å². The van der Waals surface area contributed by atoms with Crippen LogP contribution in [-0.2, 0) is 4.74 Å². The highest BCUT2D eigenvalue weighted by molar-refractivity contribution is 7.12. The summed E-state index contributed by atoms with van der Waals surface area (Å²) in [7, 11) is 0. The predicted octanol–water partition coefficient (Wildman–Crippen LogP) is 3.28. The predicted molar refractivity (Wildman–Crippen MR) is 61.5 cm³/mol. The molecule has 2 rings (SSSR count). The molecule has 0 N–H and O–H groups in total. The molecule has 0 aromatic carbocycles. The molecule has 3 heteroatoms. The standard InChI is InChI=1S/C12H16O2S/c1-2-14-12(7-3-4-8-12)11(13)10-6-5-9-15-10/h5-6,9H,2-4,7-8H2,1H3. The molecule has 82 valence electrons. The molecule has 1 aliphatic rings. The van der Waals surface area contributed by atoms with Crippen LogP contribution in [-0.4, -0.2) is 18.0 Å². The summed E-state index contributed by atoms with van der Waals surface area (Å²) in [5, 5.41) is 1.95. The Morgan fingerprint density at radius 2 is 2.27 bits per heavy atom. The lowest BCUT2D eigenvalue weighted by Gasteiger charge is -2.26. The summed E-state index contributed by atoms with van der Waals surface area (Å²) in [6, 6.07) is 3.82. The van der Waals surface area contributed by atoms with E-state index in [-0.39, 0.29) is 5.78 Å². The molecule has 1 heterocycles. The smallest absolute Gasteiger partial charge is 0.204 e. The van der Waals surface area contributed by atoms with Crippen molar-refractivity contribution >= 4 is 17.1 Å². The zero-order valence-electron chi connectivity index (χ0n) is 8.99. The second-order valence-corrected chi connectivity index (χ2v) is 4.89. The van der Waals surface area contributed by atoms with E-state index in [9.17, 15) is 4.79 Å². The van der Waals surface area contributed by atoms with Gasteiger partial charge in [0.05, 0.1) is 4.88 Å². The Hall–Kier alpha value is -0.670. The summed E-state index contributed by atoms with van der Waals surface area (Å²) in [6.07, 6.45) is 3.99. The van der Waals surface area contributed by atoms with Gasteiger partial charge in [0.2, 0.25) is 5.78 Å². The summed E-state index contributed by atoms with van der Waals surface area (Å²) < 4.78 is 5.73. The Balaban J connectivity index is 2.21. The van der Waals surface area contributed by atoms with Gasteiger partial charge in [0, 0.05) is 6.61 Å². The highest BCUT2D eigenvalue weighted by Crippen LogP contribution is 2.36. The van der Waals surface area contributed by atoms with Crippen LogP contribution in [0, 0.1) is 0 Å². The van der Waals surface area contributed by atoms with E-state index in [2.05, 4.69) is 0 Å². The number of carbonyl (C=O) groups is 1. The first kappa shape index (κ1) is 10.8. The number of hydrogen-bond donors (Lipinski definition) is 0. The van der Waals surface area contributed by atoms with E-state index in [0.29, 0.717) is 6.61 Å². The second-order valence-electron chi connectivity index (χ2n) is 3.94. The highest BCUT2D eigenvalue weighted by atomic mass is 32.1. The minimum Gasteiger partial charge on any atom is -0.367 e. The number of ether oxygens (including phenoxy) is 1. The molecule has 2 nitrogen and oxygen atoms in total. The fourth-order valence-electron chi connectivity index (χ4n) is 2.29. The number of thiophene rings is 1. The lowest BCUT2D eigenvalue weighted by Crippen LogP contribution is -2.38. The van der Waals surface area contributed by atoms with E-state index in [0.717, 1.165) is 30.6 Å². The van der Waals surface area contributed by atoms with Crippen LogP contribution < -0.4 is 0 Å². The summed E-state index contributed by atoms with van der Waals surface area (Å²) in [6.45, 7) is 2.58. The maximum Gasteiger partial charge on any atom is 0.204 e. The molecular formula is C12H16O2S. The van der Waals surface area contributed by atoms with Crippen LogP contribution in [0.2, 0.25) is 0 Å². The summed E-state index contributed by atoms with van der Waals surface area (Å²) in [5.74, 6) is 0.192. The van der Waals surface area contributed by atoms with Crippen molar-refractivity contribution in [2.24, 2.45) is 0 Å². The van der Waals surface area contributed by atoms with Gasteiger partial charge in [-0.05, 0) is 44.1 Å². The first-order valence-electron chi connectivity index (χ1n) is 5.51. The minimum absolute atomic E-state index is 0.192. The average molecular weight is 224 g/mol. The van der Waals surface area contributed by atoms with Crippen LogP contribution in [0.15, 0.2) is 17.5 Å². The number of carbonyl (C=O) groups excluding carboxylic acids is 1. The molecule has 1 saturated carbocycles. The third-order valence-corrected chi connectivity index (χ3v) is 3.86. The van der Waals surface area contributed by atoms with E-state index in [1.807, 2.05) is 24.4 Å². The van der Waals surface area contributed by atoms with Crippen molar-refractivity contribution < 1.29 is 9.53 Å². The SMILES string of the molecule is CCOC1(C(=O)c2cccs2)CCCC1. The van der Waals surface area contributed by atoms with Gasteiger partial charge in [0.25, 0.3) is 0 Å². The van der Waals surface area contributed by atoms with Crippen molar-refractivity contribution in [3.63, 3.8) is 0 Å². The molecule has 1 aromatic heterocycles. The zero-order chi connectivity index (χ0) is 10.7. The van der Waals surface area contributed by atoms with Crippen molar-refractivity contribution in [3.05, 3.63) is 22.4 Å². The van der Waals surface area contributed by atoms with Crippen LogP contribution in [0.25, 0.3) is 0 Å². The van der Waals surface area contributed by atoms with E-state index < -0.39 is 5.60 Å². The maximum absolute atomic E-state index is 12.3. The van der Waals surface area contributed by atoms with Gasteiger partial charge in [-0.2, -0.15) is 0 Å². The molecule has 1 aromatic rings. The molecule has 0 amide bonds. The van der Waals surface area contributed by atoms with Gasteiger partial charge >= 0.3 is 0 Å². The van der Waals surface area contributed by atoms with Gasteiger partial charge in [-0.3, -0.25) is 4.79 Å². The Labute approximate surface area is 94.3 Å². The fraction of sp³-hybridized carbons (Fsp3) is 0.583. The first-order chi connectivity index (χ1) is 7.28. The second kappa shape index (κ2) is 4.45. The number of ketones is 1. The topological polar surface area (TPSA) is 26.3 Å². The summed E-state index contributed by atoms with van der Waals surface area (Å²) in [5.41, 5.74) is -0.500. The van der Waals surface area contributed by atoms with Gasteiger partial charge in [0.1, 0.15) is 5.60 Å². The van der Waals surface area contributed by atoms with Crippen LogP contribution in [0.1, 0.15) is 42.3 Å². The first-order valence-corrected chi connectivity index (χ1v) is 6.39. The van der Waals surface area contributed by atoms with Gasteiger partial charge in [0.15, 0.2) is 0 Å². The zero-order valence-corrected chi connectivity index (χ0v) is 9.81. The molecule has 0 radical (unpaired) electrons. The van der Waals surface area contributed by atoms with Crippen molar-refractivity contribution in [1.29, 1.82) is 0 Å². The molecule has 0 atom stereocenters. The molecule has 0 unspecified atom stereocenters. The van der Waals surface area contributed by atoms with Crippen LogP contribution >= 0.6 is 11.3 Å². The van der Waals surface area contributed by atoms with Crippen molar-refractivity contribution in [2.45, 2.75) is 38.2 Å². The Bertz CT molecular complexity index is 323. The van der Waals surface area contributed by atoms with Gasteiger partial charge in [-0.1, -0.05) is 6.07 Å². The minimum atomic E-state index is -0.500. The summed E-state index contributed by atoms with van der Waals surface area (Å²) >= 11 is 1.51. The van der Waals surface area contributed by atoms with E-state index in [1.54, 1.807) is 0 Å². The Morgan fingerprint density at radius 3 is 2.80 bits per heavy atom. The molecule has 0 spiro atoms. The van der Waals surface area contributed by atoms with E-state index >= 15 is 0 Å². The normalized spacial score (nSPS) is 19.3. The van der Waals surface area contributed by atoms with Crippen molar-refractivity contribution in [2.75, 3.05) is 6.61 Å². The van der Waals surface area contributed by atoms with Crippen molar-refractivity contribution in [1.82, 2.24) is 0 Å². The molecule has 0 aliphatic heterocycles. The Morgan fingerprint density at radius 1 is 1.53 bits per heavy atom. The monoisotopic (exact) mass is 224 g/mol.